The molecule has 1 rings (SSSR count). The largest absolute Gasteiger partial charge is 0.469 e. The molecule has 2 nitrogen and oxygen atoms in total. The molecular weight excluding hydrogens is 198 g/mol. The summed E-state index contributed by atoms with van der Waals surface area (Å²) in [5, 5.41) is 3.54. The van der Waals surface area contributed by atoms with Crippen molar-refractivity contribution in [3.63, 3.8) is 0 Å². The van der Waals surface area contributed by atoms with Crippen LogP contribution in [0.2, 0.25) is 0 Å². The minimum absolute atomic E-state index is 0.577. The molecule has 0 fully saturated rings. The van der Waals surface area contributed by atoms with E-state index in [-0.39, 0.29) is 0 Å². The number of nitrogens with one attached hydrogen (secondary N) is 1. The number of likely N-dealkylation sites (N-methyl/N-ethyl adjacent to an activating group) is 1. The summed E-state index contributed by atoms with van der Waals surface area (Å²) in [6, 6.07) is 4.61. The molecule has 0 saturated heterocycles. The predicted octanol–water partition coefficient (Wildman–Crippen LogP) is 3.77. The van der Waals surface area contributed by atoms with Crippen LogP contribution in [0, 0.1) is 0 Å². The highest BCUT2D eigenvalue weighted by molar-refractivity contribution is 5.00. The van der Waals surface area contributed by atoms with Crippen molar-refractivity contribution >= 4 is 0 Å². The third-order valence-electron chi connectivity index (χ3n) is 2.93. The molecule has 1 N–H and O–H groups in total. The lowest BCUT2D eigenvalue weighted by Crippen LogP contribution is -2.30. The van der Waals surface area contributed by atoms with E-state index in [2.05, 4.69) is 25.2 Å². The minimum Gasteiger partial charge on any atom is -0.469 e. The Morgan fingerprint density at radius 1 is 1.25 bits per heavy atom. The Morgan fingerprint density at radius 3 is 2.75 bits per heavy atom. The van der Waals surface area contributed by atoms with Crippen molar-refractivity contribution in [2.24, 2.45) is 0 Å². The molecule has 1 atom stereocenters. The lowest BCUT2D eigenvalue weighted by Gasteiger charge is -2.16. The van der Waals surface area contributed by atoms with E-state index >= 15 is 0 Å². The van der Waals surface area contributed by atoms with Crippen molar-refractivity contribution in [2.75, 3.05) is 6.54 Å². The number of hydrogen-bond donors (Lipinski definition) is 1. The Balaban J connectivity index is 2.24. The quantitative estimate of drug-likeness (QED) is 0.645. The van der Waals surface area contributed by atoms with Crippen LogP contribution in [0.3, 0.4) is 0 Å². The molecule has 0 spiro atoms. The summed E-state index contributed by atoms with van der Waals surface area (Å²) in [7, 11) is 0. The summed E-state index contributed by atoms with van der Waals surface area (Å²) in [6.45, 7) is 5.46. The first kappa shape index (κ1) is 13.3. The lowest BCUT2D eigenvalue weighted by molar-refractivity contribution is 0.417. The van der Waals surface area contributed by atoms with Gasteiger partial charge in [-0.1, -0.05) is 39.5 Å². The maximum Gasteiger partial charge on any atom is 0.105 e. The van der Waals surface area contributed by atoms with Crippen LogP contribution < -0.4 is 5.32 Å². The molecule has 1 aromatic rings. The molecule has 0 aliphatic carbocycles. The van der Waals surface area contributed by atoms with Gasteiger partial charge in [0.05, 0.1) is 6.26 Å². The summed E-state index contributed by atoms with van der Waals surface area (Å²) in [4.78, 5) is 0. The Hall–Kier alpha value is -0.760. The molecule has 1 aromatic heterocycles. The monoisotopic (exact) mass is 223 g/mol. The van der Waals surface area contributed by atoms with E-state index in [1.54, 1.807) is 6.26 Å². The van der Waals surface area contributed by atoms with Crippen LogP contribution in [0.15, 0.2) is 22.8 Å². The van der Waals surface area contributed by atoms with E-state index in [1.165, 1.54) is 32.1 Å². The molecule has 92 valence electrons. The first-order chi connectivity index (χ1) is 7.86. The van der Waals surface area contributed by atoms with Gasteiger partial charge in [-0.3, -0.25) is 0 Å². The van der Waals surface area contributed by atoms with Crippen molar-refractivity contribution in [3.8, 4) is 0 Å². The van der Waals surface area contributed by atoms with E-state index in [9.17, 15) is 0 Å². The van der Waals surface area contributed by atoms with E-state index < -0.39 is 0 Å². The predicted molar refractivity (Wildman–Crippen MR) is 68.6 cm³/mol. The van der Waals surface area contributed by atoms with Crippen LogP contribution in [0.5, 0.6) is 0 Å². The second-order valence-electron chi connectivity index (χ2n) is 4.39. The summed E-state index contributed by atoms with van der Waals surface area (Å²) >= 11 is 0. The Labute approximate surface area is 99.4 Å². The fourth-order valence-corrected chi connectivity index (χ4v) is 2.05. The molecule has 2 heteroatoms. The summed E-state index contributed by atoms with van der Waals surface area (Å²) in [5.74, 6) is 1.10. The van der Waals surface area contributed by atoms with Gasteiger partial charge in [-0.15, -0.1) is 0 Å². The fraction of sp³-hybridized carbons (Fsp3) is 0.714. The third-order valence-corrected chi connectivity index (χ3v) is 2.93. The van der Waals surface area contributed by atoms with Crippen molar-refractivity contribution < 1.29 is 4.42 Å². The zero-order chi connectivity index (χ0) is 11.6. The average Bonchev–Trinajstić information content (AvgIpc) is 2.77. The fourth-order valence-electron chi connectivity index (χ4n) is 2.05. The maximum atomic E-state index is 5.40. The average molecular weight is 223 g/mol. The van der Waals surface area contributed by atoms with Crippen LogP contribution in [-0.2, 0) is 6.42 Å². The molecule has 0 bridgehead atoms. The van der Waals surface area contributed by atoms with Crippen LogP contribution in [0.4, 0.5) is 0 Å². The standard InChI is InChI=1S/C14H25NO/c1-3-5-6-7-9-13(15-4-2)12-14-10-8-11-16-14/h8,10-11,13,15H,3-7,9,12H2,1-2H3. The molecule has 0 aliphatic rings. The highest BCUT2D eigenvalue weighted by Crippen LogP contribution is 2.11. The van der Waals surface area contributed by atoms with Gasteiger partial charge in [0.2, 0.25) is 0 Å². The Bertz CT molecular complexity index is 243. The van der Waals surface area contributed by atoms with Gasteiger partial charge in [-0.2, -0.15) is 0 Å². The van der Waals surface area contributed by atoms with Crippen molar-refractivity contribution in [1.29, 1.82) is 0 Å². The van der Waals surface area contributed by atoms with Gasteiger partial charge in [-0.25, -0.2) is 0 Å². The second kappa shape index (κ2) is 8.40. The molecular formula is C14H25NO. The first-order valence-electron chi connectivity index (χ1n) is 6.62. The Morgan fingerprint density at radius 2 is 2.12 bits per heavy atom. The zero-order valence-corrected chi connectivity index (χ0v) is 10.7. The smallest absolute Gasteiger partial charge is 0.105 e. The number of furan rings is 1. The minimum atomic E-state index is 0.577. The number of unbranched alkanes of at least 4 members (excludes halogenated alkanes) is 3. The summed E-state index contributed by atoms with van der Waals surface area (Å²) < 4.78 is 5.40. The highest BCUT2D eigenvalue weighted by atomic mass is 16.3. The van der Waals surface area contributed by atoms with Crippen LogP contribution in [0.1, 0.15) is 51.7 Å². The molecule has 1 heterocycles. The lowest BCUT2D eigenvalue weighted by atomic mass is 10.0. The maximum absolute atomic E-state index is 5.40. The van der Waals surface area contributed by atoms with Gasteiger partial charge in [0.1, 0.15) is 5.76 Å². The SMILES string of the molecule is CCCCCCC(Cc1ccco1)NCC. The zero-order valence-electron chi connectivity index (χ0n) is 10.7. The van der Waals surface area contributed by atoms with Gasteiger partial charge in [0.25, 0.3) is 0 Å². The molecule has 0 saturated carbocycles. The highest BCUT2D eigenvalue weighted by Gasteiger charge is 2.09. The van der Waals surface area contributed by atoms with E-state index in [4.69, 9.17) is 4.42 Å². The summed E-state index contributed by atoms with van der Waals surface area (Å²) in [6.07, 6.45) is 9.39. The molecule has 1 unspecified atom stereocenters. The molecule has 0 radical (unpaired) electrons. The van der Waals surface area contributed by atoms with Gasteiger partial charge < -0.3 is 9.73 Å². The van der Waals surface area contributed by atoms with Crippen LogP contribution in [0.25, 0.3) is 0 Å². The molecule has 0 aliphatic heterocycles. The van der Waals surface area contributed by atoms with Gasteiger partial charge in [-0.05, 0) is 25.1 Å². The van der Waals surface area contributed by atoms with Gasteiger partial charge in [0, 0.05) is 12.5 Å². The third kappa shape index (κ3) is 5.36. The van der Waals surface area contributed by atoms with Crippen molar-refractivity contribution in [3.05, 3.63) is 24.2 Å². The topological polar surface area (TPSA) is 25.2 Å². The van der Waals surface area contributed by atoms with Crippen molar-refractivity contribution in [2.45, 2.75) is 58.4 Å². The summed E-state index contributed by atoms with van der Waals surface area (Å²) in [5.41, 5.74) is 0. The van der Waals surface area contributed by atoms with E-state index in [1.807, 2.05) is 6.07 Å². The van der Waals surface area contributed by atoms with Crippen LogP contribution in [-0.4, -0.2) is 12.6 Å². The Kier molecular flexibility index (Phi) is 6.98. The number of rotatable bonds is 9. The molecule has 0 amide bonds. The normalized spacial score (nSPS) is 12.9. The van der Waals surface area contributed by atoms with E-state index in [0.29, 0.717) is 6.04 Å². The number of hydrogen-bond acceptors (Lipinski definition) is 2. The molecule has 16 heavy (non-hydrogen) atoms. The van der Waals surface area contributed by atoms with Crippen molar-refractivity contribution in [1.82, 2.24) is 5.32 Å². The molecule has 0 aromatic carbocycles. The van der Waals surface area contributed by atoms with Gasteiger partial charge >= 0.3 is 0 Å². The van der Waals surface area contributed by atoms with Gasteiger partial charge in [0.15, 0.2) is 0 Å². The first-order valence-corrected chi connectivity index (χ1v) is 6.62. The van der Waals surface area contributed by atoms with Crippen LogP contribution >= 0.6 is 0 Å². The second-order valence-corrected chi connectivity index (χ2v) is 4.39. The van der Waals surface area contributed by atoms with E-state index in [0.717, 1.165) is 18.7 Å².